The Labute approximate surface area is 72.0 Å². The van der Waals surface area contributed by atoms with Crippen LogP contribution in [0.5, 0.6) is 0 Å². The first kappa shape index (κ1) is 8.05. The lowest BCUT2D eigenvalue weighted by molar-refractivity contribution is -0.146. The van der Waals surface area contributed by atoms with Crippen LogP contribution in [-0.4, -0.2) is 25.3 Å². The monoisotopic (exact) mass is 170 g/mol. The molecule has 0 radical (unpaired) electrons. The van der Waals surface area contributed by atoms with Crippen LogP contribution in [-0.2, 0) is 14.3 Å². The normalized spacial score (nSPS) is 39.6. The molecule has 1 saturated heterocycles. The Bertz CT molecular complexity index is 178. The molecule has 1 heterocycles. The van der Waals surface area contributed by atoms with E-state index in [9.17, 15) is 4.79 Å². The third-order valence-corrected chi connectivity index (χ3v) is 2.79. The molecule has 0 bridgehead atoms. The third-order valence-electron chi connectivity index (χ3n) is 2.79. The van der Waals surface area contributed by atoms with Crippen LogP contribution in [0.1, 0.15) is 19.8 Å². The average Bonchev–Trinajstić information content (AvgIpc) is 2.43. The van der Waals surface area contributed by atoms with Crippen molar-refractivity contribution in [3.63, 3.8) is 0 Å². The van der Waals surface area contributed by atoms with Gasteiger partial charge in [-0.3, -0.25) is 4.79 Å². The van der Waals surface area contributed by atoms with Gasteiger partial charge in [0.1, 0.15) is 6.10 Å². The number of hydrogen-bond acceptors (Lipinski definition) is 3. The van der Waals surface area contributed by atoms with Gasteiger partial charge in [0, 0.05) is 20.1 Å². The van der Waals surface area contributed by atoms with Crippen LogP contribution >= 0.6 is 0 Å². The summed E-state index contributed by atoms with van der Waals surface area (Å²) in [5, 5.41) is 0. The van der Waals surface area contributed by atoms with E-state index in [1.165, 1.54) is 6.92 Å². The molecular formula is C9H14O3. The van der Waals surface area contributed by atoms with E-state index in [4.69, 9.17) is 9.47 Å². The highest BCUT2D eigenvalue weighted by Gasteiger charge is 2.39. The van der Waals surface area contributed by atoms with Crippen molar-refractivity contribution in [2.45, 2.75) is 25.9 Å². The average molecular weight is 170 g/mol. The van der Waals surface area contributed by atoms with Gasteiger partial charge in [0.05, 0.1) is 0 Å². The standard InChI is InChI=1S/C9H14O3/c1-6(10)12-9-2-7-4-11-5-8(7)3-9/h7-9H,2-5H2,1H3/t7-,8+,9-. The van der Waals surface area contributed by atoms with Gasteiger partial charge < -0.3 is 9.47 Å². The Morgan fingerprint density at radius 2 is 1.92 bits per heavy atom. The summed E-state index contributed by atoms with van der Waals surface area (Å²) < 4.78 is 10.5. The third kappa shape index (κ3) is 1.46. The first-order valence-electron chi connectivity index (χ1n) is 4.50. The molecule has 3 heteroatoms. The summed E-state index contributed by atoms with van der Waals surface area (Å²) in [7, 11) is 0. The Morgan fingerprint density at radius 1 is 1.33 bits per heavy atom. The second-order valence-electron chi connectivity index (χ2n) is 3.76. The van der Waals surface area contributed by atoms with Crippen LogP contribution in [0.4, 0.5) is 0 Å². The molecule has 0 aromatic rings. The van der Waals surface area contributed by atoms with Crippen molar-refractivity contribution in [3.05, 3.63) is 0 Å². The molecule has 1 aliphatic carbocycles. The molecule has 1 saturated carbocycles. The van der Waals surface area contributed by atoms with E-state index in [1.807, 2.05) is 0 Å². The van der Waals surface area contributed by atoms with E-state index < -0.39 is 0 Å². The van der Waals surface area contributed by atoms with Crippen molar-refractivity contribution in [3.8, 4) is 0 Å². The SMILES string of the molecule is CC(=O)O[C@H]1C[C@H]2COC[C@H]2C1. The molecule has 0 aromatic carbocycles. The van der Waals surface area contributed by atoms with Crippen molar-refractivity contribution >= 4 is 5.97 Å². The number of esters is 1. The van der Waals surface area contributed by atoms with Crippen molar-refractivity contribution < 1.29 is 14.3 Å². The van der Waals surface area contributed by atoms with Gasteiger partial charge in [-0.2, -0.15) is 0 Å². The molecule has 12 heavy (non-hydrogen) atoms. The molecule has 3 atom stereocenters. The van der Waals surface area contributed by atoms with Gasteiger partial charge in [0.2, 0.25) is 0 Å². The molecule has 68 valence electrons. The molecule has 2 fully saturated rings. The molecule has 1 aliphatic heterocycles. The van der Waals surface area contributed by atoms with Gasteiger partial charge in [-0.25, -0.2) is 0 Å². The summed E-state index contributed by atoms with van der Waals surface area (Å²) in [5.41, 5.74) is 0. The smallest absolute Gasteiger partial charge is 0.302 e. The minimum Gasteiger partial charge on any atom is -0.463 e. The van der Waals surface area contributed by atoms with Gasteiger partial charge in [-0.05, 0) is 24.7 Å². The van der Waals surface area contributed by atoms with Crippen LogP contribution in [0.15, 0.2) is 0 Å². The molecular weight excluding hydrogens is 156 g/mol. The molecule has 2 aliphatic rings. The maximum absolute atomic E-state index is 10.7. The minimum absolute atomic E-state index is 0.152. The fourth-order valence-corrected chi connectivity index (χ4v) is 2.27. The van der Waals surface area contributed by atoms with Crippen LogP contribution in [0.2, 0.25) is 0 Å². The molecule has 0 aromatic heterocycles. The largest absolute Gasteiger partial charge is 0.463 e. The molecule has 0 unspecified atom stereocenters. The maximum Gasteiger partial charge on any atom is 0.302 e. The summed E-state index contributed by atoms with van der Waals surface area (Å²) >= 11 is 0. The minimum atomic E-state index is -0.152. The number of ether oxygens (including phenoxy) is 2. The molecule has 0 N–H and O–H groups in total. The zero-order valence-corrected chi connectivity index (χ0v) is 7.29. The quantitative estimate of drug-likeness (QED) is 0.550. The number of fused-ring (bicyclic) bond motifs is 1. The van der Waals surface area contributed by atoms with Crippen molar-refractivity contribution in [2.75, 3.05) is 13.2 Å². The van der Waals surface area contributed by atoms with E-state index in [0.717, 1.165) is 26.1 Å². The lowest BCUT2D eigenvalue weighted by Gasteiger charge is -2.10. The molecule has 0 amide bonds. The second-order valence-corrected chi connectivity index (χ2v) is 3.76. The summed E-state index contributed by atoms with van der Waals surface area (Å²) in [6.45, 7) is 3.20. The highest BCUT2D eigenvalue weighted by atomic mass is 16.5. The summed E-state index contributed by atoms with van der Waals surface area (Å²) in [6, 6.07) is 0. The van der Waals surface area contributed by atoms with Gasteiger partial charge in [-0.1, -0.05) is 0 Å². The van der Waals surface area contributed by atoms with Crippen molar-refractivity contribution in [1.29, 1.82) is 0 Å². The fourth-order valence-electron chi connectivity index (χ4n) is 2.27. The number of hydrogen-bond donors (Lipinski definition) is 0. The highest BCUT2D eigenvalue weighted by molar-refractivity contribution is 5.66. The first-order valence-corrected chi connectivity index (χ1v) is 4.50. The summed E-state index contributed by atoms with van der Waals surface area (Å²) in [4.78, 5) is 10.7. The molecule has 0 spiro atoms. The van der Waals surface area contributed by atoms with E-state index in [-0.39, 0.29) is 12.1 Å². The van der Waals surface area contributed by atoms with Gasteiger partial charge in [-0.15, -0.1) is 0 Å². The van der Waals surface area contributed by atoms with E-state index in [0.29, 0.717) is 11.8 Å². The van der Waals surface area contributed by atoms with E-state index in [1.54, 1.807) is 0 Å². The van der Waals surface area contributed by atoms with Crippen LogP contribution in [0.25, 0.3) is 0 Å². The maximum atomic E-state index is 10.7. The Hall–Kier alpha value is -0.570. The molecule has 3 nitrogen and oxygen atoms in total. The van der Waals surface area contributed by atoms with Gasteiger partial charge in [0.15, 0.2) is 0 Å². The van der Waals surface area contributed by atoms with Crippen LogP contribution in [0.3, 0.4) is 0 Å². The fraction of sp³-hybridized carbons (Fsp3) is 0.889. The Balaban J connectivity index is 1.86. The second kappa shape index (κ2) is 3.05. The Morgan fingerprint density at radius 3 is 2.42 bits per heavy atom. The predicted molar refractivity (Wildman–Crippen MR) is 42.6 cm³/mol. The van der Waals surface area contributed by atoms with Crippen molar-refractivity contribution in [2.24, 2.45) is 11.8 Å². The highest BCUT2D eigenvalue weighted by Crippen LogP contribution is 2.37. The van der Waals surface area contributed by atoms with E-state index in [2.05, 4.69) is 0 Å². The summed E-state index contributed by atoms with van der Waals surface area (Å²) in [6.07, 6.45) is 2.18. The van der Waals surface area contributed by atoms with Crippen LogP contribution in [0, 0.1) is 11.8 Å². The summed E-state index contributed by atoms with van der Waals surface area (Å²) in [5.74, 6) is 1.14. The van der Waals surface area contributed by atoms with E-state index >= 15 is 0 Å². The number of carbonyl (C=O) groups excluding carboxylic acids is 1. The topological polar surface area (TPSA) is 35.5 Å². The van der Waals surface area contributed by atoms with Gasteiger partial charge >= 0.3 is 5.97 Å². The zero-order chi connectivity index (χ0) is 8.55. The van der Waals surface area contributed by atoms with Crippen LogP contribution < -0.4 is 0 Å². The first-order chi connectivity index (χ1) is 5.75. The number of rotatable bonds is 1. The number of carbonyl (C=O) groups is 1. The predicted octanol–water partition coefficient (Wildman–Crippen LogP) is 0.974. The van der Waals surface area contributed by atoms with Gasteiger partial charge in [0.25, 0.3) is 0 Å². The molecule has 2 rings (SSSR count). The zero-order valence-electron chi connectivity index (χ0n) is 7.29. The Kier molecular flexibility index (Phi) is 2.05. The van der Waals surface area contributed by atoms with Crippen molar-refractivity contribution in [1.82, 2.24) is 0 Å². The lowest BCUT2D eigenvalue weighted by Crippen LogP contribution is -2.14. The lowest BCUT2D eigenvalue weighted by atomic mass is 10.0.